The lowest BCUT2D eigenvalue weighted by Crippen LogP contribution is -2.44. The molecule has 1 fully saturated rings. The van der Waals surface area contributed by atoms with Crippen LogP contribution in [0.1, 0.15) is 33.0 Å². The van der Waals surface area contributed by atoms with E-state index in [0.29, 0.717) is 43.9 Å². The summed E-state index contributed by atoms with van der Waals surface area (Å²) in [4.78, 5) is 29.0. The number of thiophene rings is 1. The number of hydrogen-bond acceptors (Lipinski definition) is 6. The highest BCUT2D eigenvalue weighted by Gasteiger charge is 2.32. The van der Waals surface area contributed by atoms with Crippen LogP contribution < -0.4 is 5.14 Å². The van der Waals surface area contributed by atoms with Gasteiger partial charge in [-0.1, -0.05) is 0 Å². The summed E-state index contributed by atoms with van der Waals surface area (Å²) in [6.45, 7) is 1.67. The maximum Gasteiger partial charge on any atom is 0.410 e. The second kappa shape index (κ2) is 6.34. The summed E-state index contributed by atoms with van der Waals surface area (Å²) in [5.74, 6) is -0.0908. The molecule has 0 saturated carbocycles. The van der Waals surface area contributed by atoms with Crippen LogP contribution in [0.5, 0.6) is 0 Å². The van der Waals surface area contributed by atoms with Crippen molar-refractivity contribution in [3.8, 4) is 0 Å². The number of amides is 2. The largest absolute Gasteiger partial charge is 0.453 e. The van der Waals surface area contributed by atoms with E-state index in [-0.39, 0.29) is 12.0 Å². The summed E-state index contributed by atoms with van der Waals surface area (Å²) in [6.07, 6.45) is 0.355. The van der Waals surface area contributed by atoms with Gasteiger partial charge in [0.2, 0.25) is 10.0 Å². The summed E-state index contributed by atoms with van der Waals surface area (Å²) < 4.78 is 27.4. The van der Waals surface area contributed by atoms with Gasteiger partial charge in [0, 0.05) is 18.0 Å². The van der Waals surface area contributed by atoms with Crippen molar-refractivity contribution in [3.05, 3.63) is 21.4 Å². The van der Waals surface area contributed by atoms with Crippen LogP contribution in [0.2, 0.25) is 0 Å². The number of nitrogens with zero attached hydrogens (tertiary/aromatic N) is 2. The number of ether oxygens (including phenoxy) is 1. The normalized spacial score (nSPS) is 18.6. The fraction of sp³-hybridized carbons (Fsp3) is 0.571. The lowest BCUT2D eigenvalue weighted by atomic mass is 10.1. The van der Waals surface area contributed by atoms with Gasteiger partial charge in [0.1, 0.15) is 0 Å². The summed E-state index contributed by atoms with van der Waals surface area (Å²) in [7, 11) is -2.20. The van der Waals surface area contributed by atoms with Gasteiger partial charge in [-0.15, -0.1) is 11.3 Å². The molecule has 0 atom stereocenters. The number of likely N-dealkylation sites (tertiary alicyclic amines) is 1. The lowest BCUT2D eigenvalue weighted by Gasteiger charge is -2.30. The van der Waals surface area contributed by atoms with Gasteiger partial charge in [-0.05, 0) is 24.5 Å². The number of nitrogens with two attached hydrogens (primary N) is 1. The Bertz CT molecular complexity index is 742. The van der Waals surface area contributed by atoms with E-state index >= 15 is 0 Å². The topological polar surface area (TPSA) is 110 Å². The van der Waals surface area contributed by atoms with Crippen LogP contribution in [0.25, 0.3) is 0 Å². The quantitative estimate of drug-likeness (QED) is 0.821. The monoisotopic (exact) mass is 373 g/mol. The highest BCUT2D eigenvalue weighted by atomic mass is 32.2. The SMILES string of the molecule is COC(=O)N1Cc2cc(C(=O)N3CCC(S(N)(=O)=O)CC3)sc2C1. The molecule has 2 N–H and O–H groups in total. The Morgan fingerprint density at radius 2 is 1.92 bits per heavy atom. The van der Waals surface area contributed by atoms with Crippen molar-refractivity contribution in [2.24, 2.45) is 5.14 Å². The van der Waals surface area contributed by atoms with Gasteiger partial charge < -0.3 is 9.64 Å². The van der Waals surface area contributed by atoms with Crippen molar-refractivity contribution >= 4 is 33.4 Å². The van der Waals surface area contributed by atoms with Crippen molar-refractivity contribution in [3.63, 3.8) is 0 Å². The first kappa shape index (κ1) is 17.2. The first-order chi connectivity index (χ1) is 11.3. The van der Waals surface area contributed by atoms with E-state index in [0.717, 1.165) is 10.4 Å². The average Bonchev–Trinajstić information content (AvgIpc) is 3.11. The third-order valence-corrected chi connectivity index (χ3v) is 6.98. The molecule has 2 aliphatic heterocycles. The number of hydrogen-bond donors (Lipinski definition) is 1. The molecule has 10 heteroatoms. The summed E-state index contributed by atoms with van der Waals surface area (Å²) >= 11 is 1.38. The molecule has 3 heterocycles. The van der Waals surface area contributed by atoms with E-state index in [1.54, 1.807) is 9.80 Å². The van der Waals surface area contributed by atoms with Crippen molar-refractivity contribution < 1.29 is 22.7 Å². The molecule has 2 aliphatic rings. The molecule has 0 radical (unpaired) electrons. The molecule has 0 spiro atoms. The number of piperidine rings is 1. The molecule has 1 aromatic heterocycles. The van der Waals surface area contributed by atoms with Gasteiger partial charge in [-0.3, -0.25) is 9.69 Å². The van der Waals surface area contributed by atoms with Gasteiger partial charge in [-0.25, -0.2) is 18.4 Å². The zero-order valence-electron chi connectivity index (χ0n) is 13.2. The van der Waals surface area contributed by atoms with E-state index in [1.165, 1.54) is 18.4 Å². The molecule has 8 nitrogen and oxygen atoms in total. The van der Waals surface area contributed by atoms with E-state index in [2.05, 4.69) is 0 Å². The second-order valence-electron chi connectivity index (χ2n) is 5.97. The predicted octanol–water partition coefficient (Wildman–Crippen LogP) is 0.723. The third-order valence-electron chi connectivity index (χ3n) is 4.43. The molecule has 24 heavy (non-hydrogen) atoms. The van der Waals surface area contributed by atoms with Crippen LogP contribution >= 0.6 is 11.3 Å². The Balaban J connectivity index is 1.64. The molecule has 0 bridgehead atoms. The van der Waals surface area contributed by atoms with Crippen molar-refractivity contribution in [1.82, 2.24) is 9.80 Å². The Morgan fingerprint density at radius 1 is 1.25 bits per heavy atom. The van der Waals surface area contributed by atoms with Gasteiger partial charge in [-0.2, -0.15) is 0 Å². The number of primary sulfonamides is 1. The molecule has 0 unspecified atom stereocenters. The van der Waals surface area contributed by atoms with Crippen molar-refractivity contribution in [2.75, 3.05) is 20.2 Å². The minimum atomic E-state index is -3.54. The van der Waals surface area contributed by atoms with Crippen molar-refractivity contribution in [1.29, 1.82) is 0 Å². The maximum absolute atomic E-state index is 12.6. The molecule has 0 aromatic carbocycles. The zero-order chi connectivity index (χ0) is 17.5. The summed E-state index contributed by atoms with van der Waals surface area (Å²) in [6, 6.07) is 1.82. The smallest absolute Gasteiger partial charge is 0.410 e. The lowest BCUT2D eigenvalue weighted by molar-refractivity contribution is 0.0730. The second-order valence-corrected chi connectivity index (χ2v) is 8.95. The standard InChI is InChI=1S/C14H19N3O5S2/c1-22-14(19)17-7-9-6-11(23-12(9)8-17)13(18)16-4-2-10(3-5-16)24(15,20)21/h6,10H,2-5,7-8H2,1H3,(H2,15,20,21). The molecular weight excluding hydrogens is 354 g/mol. The maximum atomic E-state index is 12.6. The summed E-state index contributed by atoms with van der Waals surface area (Å²) in [5, 5.41) is 4.60. The number of fused-ring (bicyclic) bond motifs is 1. The van der Waals surface area contributed by atoms with Crippen LogP contribution in [-0.2, 0) is 27.8 Å². The molecule has 1 aromatic rings. The fourth-order valence-electron chi connectivity index (χ4n) is 3.08. The Hall–Kier alpha value is -1.65. The molecule has 2 amide bonds. The van der Waals surface area contributed by atoms with Crippen LogP contribution in [0.4, 0.5) is 4.79 Å². The third kappa shape index (κ3) is 3.26. The summed E-state index contributed by atoms with van der Waals surface area (Å²) in [5.41, 5.74) is 0.966. The van der Waals surface area contributed by atoms with Crippen LogP contribution in [-0.4, -0.2) is 55.7 Å². The Morgan fingerprint density at radius 3 is 2.46 bits per heavy atom. The van der Waals surface area contributed by atoms with Gasteiger partial charge in [0.15, 0.2) is 0 Å². The van der Waals surface area contributed by atoms with Gasteiger partial charge >= 0.3 is 6.09 Å². The Kier molecular flexibility index (Phi) is 4.54. The van der Waals surface area contributed by atoms with Crippen LogP contribution in [0.15, 0.2) is 6.07 Å². The molecule has 1 saturated heterocycles. The van der Waals surface area contributed by atoms with E-state index in [1.807, 2.05) is 6.07 Å². The number of carbonyl (C=O) groups is 2. The first-order valence-electron chi connectivity index (χ1n) is 7.55. The van der Waals surface area contributed by atoms with Gasteiger partial charge in [0.25, 0.3) is 5.91 Å². The highest BCUT2D eigenvalue weighted by Crippen LogP contribution is 2.32. The fourth-order valence-corrected chi connectivity index (χ4v) is 5.10. The van der Waals surface area contributed by atoms with Crippen LogP contribution in [0.3, 0.4) is 0 Å². The predicted molar refractivity (Wildman–Crippen MR) is 88.0 cm³/mol. The number of rotatable bonds is 2. The first-order valence-corrected chi connectivity index (χ1v) is 9.97. The molecule has 132 valence electrons. The molecule has 3 rings (SSSR count). The number of methoxy groups -OCH3 is 1. The number of carbonyl (C=O) groups excluding carboxylic acids is 2. The van der Waals surface area contributed by atoms with E-state index in [4.69, 9.17) is 9.88 Å². The van der Waals surface area contributed by atoms with Crippen LogP contribution in [0, 0.1) is 0 Å². The van der Waals surface area contributed by atoms with Gasteiger partial charge in [0.05, 0.1) is 30.3 Å². The molecular formula is C14H19N3O5S2. The van der Waals surface area contributed by atoms with E-state index < -0.39 is 15.3 Å². The number of sulfonamides is 1. The zero-order valence-corrected chi connectivity index (χ0v) is 14.9. The van der Waals surface area contributed by atoms with E-state index in [9.17, 15) is 18.0 Å². The minimum absolute atomic E-state index is 0.0908. The minimum Gasteiger partial charge on any atom is -0.453 e. The highest BCUT2D eigenvalue weighted by molar-refractivity contribution is 7.89. The molecule has 0 aliphatic carbocycles. The average molecular weight is 373 g/mol. The Labute approximate surface area is 144 Å². The van der Waals surface area contributed by atoms with Crippen molar-refractivity contribution in [2.45, 2.75) is 31.2 Å².